The Morgan fingerprint density at radius 3 is 2.77 bits per heavy atom. The Morgan fingerprint density at radius 2 is 2.23 bits per heavy atom. The lowest BCUT2D eigenvalue weighted by molar-refractivity contribution is 0.922. The van der Waals surface area contributed by atoms with E-state index in [-0.39, 0.29) is 0 Å². The van der Waals surface area contributed by atoms with E-state index in [4.69, 9.17) is 5.73 Å². The number of pyridine rings is 1. The van der Waals surface area contributed by atoms with Gasteiger partial charge in [0.1, 0.15) is 5.82 Å². The third-order valence-corrected chi connectivity index (χ3v) is 2.57. The highest BCUT2D eigenvalue weighted by Gasteiger charge is 2.32. The van der Waals surface area contributed by atoms with Gasteiger partial charge in [-0.2, -0.15) is 0 Å². The lowest BCUT2D eigenvalue weighted by Crippen LogP contribution is -2.06. The Hall–Kier alpha value is -1.25. The highest BCUT2D eigenvalue weighted by molar-refractivity contribution is 5.49. The van der Waals surface area contributed by atoms with Crippen LogP contribution in [0, 0.1) is 12.8 Å². The third kappa shape index (κ3) is 1.74. The normalized spacial score (nSPS) is 25.7. The minimum atomic E-state index is 0.621. The van der Waals surface area contributed by atoms with Gasteiger partial charge in [0.2, 0.25) is 0 Å². The molecule has 1 fully saturated rings. The van der Waals surface area contributed by atoms with Gasteiger partial charge in [-0.05, 0) is 31.4 Å². The van der Waals surface area contributed by atoms with Gasteiger partial charge in [-0.25, -0.2) is 4.98 Å². The van der Waals surface area contributed by atoms with Crippen LogP contribution < -0.4 is 11.1 Å². The van der Waals surface area contributed by atoms with Gasteiger partial charge in [-0.15, -0.1) is 0 Å². The molecule has 3 N–H and O–H groups in total. The molecule has 1 saturated carbocycles. The van der Waals surface area contributed by atoms with Crippen molar-refractivity contribution in [2.24, 2.45) is 5.92 Å². The molecule has 0 radical (unpaired) electrons. The fraction of sp³-hybridized carbons (Fsp3) is 0.500. The number of nitrogens with two attached hydrogens (primary N) is 1. The van der Waals surface area contributed by atoms with Gasteiger partial charge in [0.25, 0.3) is 0 Å². The van der Waals surface area contributed by atoms with Crippen LogP contribution >= 0.6 is 0 Å². The molecule has 1 aliphatic rings. The van der Waals surface area contributed by atoms with E-state index >= 15 is 0 Å². The van der Waals surface area contributed by atoms with Crippen LogP contribution in [0.25, 0.3) is 0 Å². The molecule has 1 heterocycles. The van der Waals surface area contributed by atoms with Gasteiger partial charge in [-0.3, -0.25) is 0 Å². The topological polar surface area (TPSA) is 50.9 Å². The predicted molar refractivity (Wildman–Crippen MR) is 54.6 cm³/mol. The summed E-state index contributed by atoms with van der Waals surface area (Å²) in [6, 6.07) is 4.46. The molecule has 1 aromatic rings. The largest absolute Gasteiger partial charge is 0.397 e. The number of nitrogens with one attached hydrogen (secondary N) is 1. The SMILES string of the molecule is Cc1nc(NC2CC2C)ccc1N. The molecule has 0 spiro atoms. The van der Waals surface area contributed by atoms with Crippen LogP contribution in [0.5, 0.6) is 0 Å². The predicted octanol–water partition coefficient (Wildman–Crippen LogP) is 1.79. The molecule has 2 atom stereocenters. The summed E-state index contributed by atoms with van der Waals surface area (Å²) in [5, 5.41) is 3.37. The fourth-order valence-corrected chi connectivity index (χ4v) is 1.37. The van der Waals surface area contributed by atoms with Crippen LogP contribution in [-0.2, 0) is 0 Å². The fourth-order valence-electron chi connectivity index (χ4n) is 1.37. The van der Waals surface area contributed by atoms with E-state index in [1.54, 1.807) is 0 Å². The van der Waals surface area contributed by atoms with Crippen molar-refractivity contribution in [3.8, 4) is 0 Å². The number of aromatic nitrogens is 1. The van der Waals surface area contributed by atoms with Crippen LogP contribution in [0.4, 0.5) is 11.5 Å². The van der Waals surface area contributed by atoms with Crippen molar-refractivity contribution >= 4 is 11.5 Å². The van der Waals surface area contributed by atoms with E-state index in [2.05, 4.69) is 17.2 Å². The molecule has 70 valence electrons. The Bertz CT molecular complexity index is 322. The Balaban J connectivity index is 2.08. The van der Waals surface area contributed by atoms with Gasteiger partial charge in [-0.1, -0.05) is 6.92 Å². The monoisotopic (exact) mass is 177 g/mol. The average Bonchev–Trinajstić information content (AvgIpc) is 2.75. The molecule has 0 saturated heterocycles. The van der Waals surface area contributed by atoms with Gasteiger partial charge < -0.3 is 11.1 Å². The first-order valence-corrected chi connectivity index (χ1v) is 4.66. The molecule has 0 aromatic carbocycles. The summed E-state index contributed by atoms with van der Waals surface area (Å²) >= 11 is 0. The summed E-state index contributed by atoms with van der Waals surface area (Å²) < 4.78 is 0. The van der Waals surface area contributed by atoms with Gasteiger partial charge >= 0.3 is 0 Å². The molecule has 2 unspecified atom stereocenters. The maximum Gasteiger partial charge on any atom is 0.126 e. The van der Waals surface area contributed by atoms with E-state index in [1.165, 1.54) is 6.42 Å². The van der Waals surface area contributed by atoms with E-state index in [1.807, 2.05) is 19.1 Å². The second kappa shape index (κ2) is 2.91. The number of hydrogen-bond acceptors (Lipinski definition) is 3. The number of nitrogen functional groups attached to an aromatic ring is 1. The van der Waals surface area contributed by atoms with Crippen LogP contribution in [0.2, 0.25) is 0 Å². The molecule has 1 aliphatic carbocycles. The summed E-state index contributed by atoms with van der Waals surface area (Å²) in [7, 11) is 0. The summed E-state index contributed by atoms with van der Waals surface area (Å²) in [5.74, 6) is 1.74. The minimum Gasteiger partial charge on any atom is -0.397 e. The van der Waals surface area contributed by atoms with E-state index in [0.29, 0.717) is 6.04 Å². The number of nitrogens with zero attached hydrogens (tertiary/aromatic N) is 1. The van der Waals surface area contributed by atoms with Crippen molar-refractivity contribution in [2.45, 2.75) is 26.3 Å². The Morgan fingerprint density at radius 1 is 1.54 bits per heavy atom. The second-order valence-electron chi connectivity index (χ2n) is 3.83. The third-order valence-electron chi connectivity index (χ3n) is 2.57. The molecule has 13 heavy (non-hydrogen) atoms. The molecular formula is C10H15N3. The quantitative estimate of drug-likeness (QED) is 0.724. The molecule has 3 heteroatoms. The highest BCUT2D eigenvalue weighted by Crippen LogP contribution is 2.32. The lowest BCUT2D eigenvalue weighted by atomic mass is 10.3. The first kappa shape index (κ1) is 8.35. The molecule has 3 nitrogen and oxygen atoms in total. The summed E-state index contributed by atoms with van der Waals surface area (Å²) in [5.41, 5.74) is 7.33. The number of anilines is 2. The van der Waals surface area contributed by atoms with Crippen molar-refractivity contribution in [1.29, 1.82) is 0 Å². The summed E-state index contributed by atoms with van der Waals surface area (Å²) in [6.07, 6.45) is 1.26. The lowest BCUT2D eigenvalue weighted by Gasteiger charge is -2.06. The number of rotatable bonds is 2. The maximum absolute atomic E-state index is 5.67. The standard InChI is InChI=1S/C10H15N3/c1-6-5-9(6)13-10-4-3-8(11)7(2)12-10/h3-4,6,9H,5,11H2,1-2H3,(H,12,13). The van der Waals surface area contributed by atoms with Crippen LogP contribution in [-0.4, -0.2) is 11.0 Å². The van der Waals surface area contributed by atoms with Crippen molar-refractivity contribution in [2.75, 3.05) is 11.1 Å². The number of aryl methyl sites for hydroxylation is 1. The highest BCUT2D eigenvalue weighted by atomic mass is 15.1. The smallest absolute Gasteiger partial charge is 0.126 e. The molecule has 2 rings (SSSR count). The Kier molecular flexibility index (Phi) is 1.87. The first-order valence-electron chi connectivity index (χ1n) is 4.66. The second-order valence-corrected chi connectivity index (χ2v) is 3.83. The molecule has 1 aromatic heterocycles. The van der Waals surface area contributed by atoms with Crippen LogP contribution in [0.3, 0.4) is 0 Å². The molecular weight excluding hydrogens is 162 g/mol. The maximum atomic E-state index is 5.67. The first-order chi connectivity index (χ1) is 6.16. The molecule has 0 aliphatic heterocycles. The zero-order valence-electron chi connectivity index (χ0n) is 8.04. The van der Waals surface area contributed by atoms with E-state index in [9.17, 15) is 0 Å². The van der Waals surface area contributed by atoms with Gasteiger partial charge in [0.15, 0.2) is 0 Å². The van der Waals surface area contributed by atoms with E-state index < -0.39 is 0 Å². The van der Waals surface area contributed by atoms with Gasteiger partial charge in [0.05, 0.1) is 11.4 Å². The van der Waals surface area contributed by atoms with Crippen molar-refractivity contribution in [1.82, 2.24) is 4.98 Å². The van der Waals surface area contributed by atoms with Crippen molar-refractivity contribution in [3.05, 3.63) is 17.8 Å². The Labute approximate surface area is 78.4 Å². The van der Waals surface area contributed by atoms with Crippen molar-refractivity contribution < 1.29 is 0 Å². The van der Waals surface area contributed by atoms with Crippen LogP contribution in [0.1, 0.15) is 19.0 Å². The average molecular weight is 177 g/mol. The minimum absolute atomic E-state index is 0.621. The zero-order valence-corrected chi connectivity index (χ0v) is 8.04. The molecule has 0 amide bonds. The number of hydrogen-bond donors (Lipinski definition) is 2. The van der Waals surface area contributed by atoms with Gasteiger partial charge in [0, 0.05) is 6.04 Å². The van der Waals surface area contributed by atoms with Crippen LogP contribution in [0.15, 0.2) is 12.1 Å². The summed E-state index contributed by atoms with van der Waals surface area (Å²) in [6.45, 7) is 4.17. The van der Waals surface area contributed by atoms with E-state index in [0.717, 1.165) is 23.1 Å². The summed E-state index contributed by atoms with van der Waals surface area (Å²) in [4.78, 5) is 4.35. The molecule has 0 bridgehead atoms. The van der Waals surface area contributed by atoms with Crippen molar-refractivity contribution in [3.63, 3.8) is 0 Å². The zero-order chi connectivity index (χ0) is 9.42.